The molecule has 0 unspecified atom stereocenters. The molecule has 1 amide bonds. The predicted molar refractivity (Wildman–Crippen MR) is 102 cm³/mol. The second-order valence-corrected chi connectivity index (χ2v) is 7.71. The van der Waals surface area contributed by atoms with Crippen molar-refractivity contribution in [3.05, 3.63) is 54.1 Å². The van der Waals surface area contributed by atoms with E-state index in [4.69, 9.17) is 0 Å². The van der Waals surface area contributed by atoms with E-state index in [0.717, 1.165) is 19.5 Å². The zero-order chi connectivity index (χ0) is 17.8. The highest BCUT2D eigenvalue weighted by Crippen LogP contribution is 2.29. The molecule has 0 radical (unpaired) electrons. The van der Waals surface area contributed by atoms with E-state index in [2.05, 4.69) is 44.0 Å². The van der Waals surface area contributed by atoms with Crippen LogP contribution in [0.25, 0.3) is 0 Å². The van der Waals surface area contributed by atoms with Gasteiger partial charge in [-0.1, -0.05) is 49.6 Å². The molecule has 2 fully saturated rings. The Hall–Kier alpha value is -2.14. The summed E-state index contributed by atoms with van der Waals surface area (Å²) in [7, 11) is 0. The summed E-state index contributed by atoms with van der Waals surface area (Å²) in [5.41, 5.74) is 2.51. The molecule has 0 spiro atoms. The van der Waals surface area contributed by atoms with E-state index >= 15 is 0 Å². The van der Waals surface area contributed by atoms with Gasteiger partial charge in [-0.05, 0) is 24.8 Å². The van der Waals surface area contributed by atoms with E-state index in [1.54, 1.807) is 0 Å². The molecule has 1 aliphatic heterocycles. The van der Waals surface area contributed by atoms with Crippen LogP contribution < -0.4 is 5.32 Å². The number of aromatic nitrogens is 2. The first kappa shape index (κ1) is 17.3. The molecule has 1 atom stereocenters. The molecule has 4 rings (SSSR count). The SMILES string of the molecule is O=C1CN(Cc2cncn2C2CCCCC2)C[C@H](Cc2ccccc2)N1. The lowest BCUT2D eigenvalue weighted by atomic mass is 9.95. The third kappa shape index (κ3) is 4.15. The maximum atomic E-state index is 12.2. The average Bonchev–Trinajstić information content (AvgIpc) is 3.11. The first-order valence-electron chi connectivity index (χ1n) is 9.84. The number of rotatable bonds is 5. The van der Waals surface area contributed by atoms with Crippen molar-refractivity contribution in [2.45, 2.75) is 57.2 Å². The number of amides is 1. The Labute approximate surface area is 155 Å². The van der Waals surface area contributed by atoms with Gasteiger partial charge in [-0.2, -0.15) is 0 Å². The number of carbonyl (C=O) groups is 1. The van der Waals surface area contributed by atoms with Crippen LogP contribution in [-0.4, -0.2) is 39.5 Å². The summed E-state index contributed by atoms with van der Waals surface area (Å²) < 4.78 is 2.36. The lowest BCUT2D eigenvalue weighted by Crippen LogP contribution is -2.54. The monoisotopic (exact) mass is 352 g/mol. The Morgan fingerprint density at radius 3 is 2.73 bits per heavy atom. The first-order chi connectivity index (χ1) is 12.8. The molecule has 1 aromatic carbocycles. The molecular weight excluding hydrogens is 324 g/mol. The highest BCUT2D eigenvalue weighted by atomic mass is 16.2. The normalized spacial score (nSPS) is 22.3. The average molecular weight is 352 g/mol. The molecule has 26 heavy (non-hydrogen) atoms. The molecule has 1 saturated heterocycles. The number of nitrogens with zero attached hydrogens (tertiary/aromatic N) is 3. The fourth-order valence-corrected chi connectivity index (χ4v) is 4.40. The van der Waals surface area contributed by atoms with Crippen LogP contribution in [0, 0.1) is 0 Å². The van der Waals surface area contributed by atoms with Crippen molar-refractivity contribution < 1.29 is 4.79 Å². The Morgan fingerprint density at radius 2 is 1.92 bits per heavy atom. The first-order valence-corrected chi connectivity index (χ1v) is 9.84. The summed E-state index contributed by atoms with van der Waals surface area (Å²) in [6.45, 7) is 2.16. The summed E-state index contributed by atoms with van der Waals surface area (Å²) in [6.07, 6.45) is 11.3. The minimum absolute atomic E-state index is 0.126. The van der Waals surface area contributed by atoms with Crippen LogP contribution in [0.5, 0.6) is 0 Å². The highest BCUT2D eigenvalue weighted by Gasteiger charge is 2.26. The topological polar surface area (TPSA) is 50.2 Å². The molecule has 1 N–H and O–H groups in total. The van der Waals surface area contributed by atoms with Crippen molar-refractivity contribution in [2.75, 3.05) is 13.1 Å². The second kappa shape index (κ2) is 8.04. The van der Waals surface area contributed by atoms with Crippen LogP contribution in [0.4, 0.5) is 0 Å². The van der Waals surface area contributed by atoms with Crippen LogP contribution in [0.1, 0.15) is 49.4 Å². The number of carbonyl (C=O) groups excluding carboxylic acids is 1. The molecule has 5 nitrogen and oxygen atoms in total. The van der Waals surface area contributed by atoms with Crippen LogP contribution in [-0.2, 0) is 17.8 Å². The maximum absolute atomic E-state index is 12.2. The smallest absolute Gasteiger partial charge is 0.234 e. The third-order valence-electron chi connectivity index (χ3n) is 5.64. The minimum atomic E-state index is 0.126. The van der Waals surface area contributed by atoms with Crippen molar-refractivity contribution in [1.82, 2.24) is 19.8 Å². The van der Waals surface area contributed by atoms with Gasteiger partial charge in [-0.15, -0.1) is 0 Å². The van der Waals surface area contributed by atoms with E-state index in [0.29, 0.717) is 12.6 Å². The Morgan fingerprint density at radius 1 is 1.12 bits per heavy atom. The van der Waals surface area contributed by atoms with Gasteiger partial charge in [-0.3, -0.25) is 9.69 Å². The molecule has 138 valence electrons. The van der Waals surface area contributed by atoms with Crippen molar-refractivity contribution in [3.8, 4) is 0 Å². The van der Waals surface area contributed by atoms with Gasteiger partial charge in [-0.25, -0.2) is 4.98 Å². The van der Waals surface area contributed by atoms with E-state index in [-0.39, 0.29) is 11.9 Å². The fraction of sp³-hybridized carbons (Fsp3) is 0.524. The van der Waals surface area contributed by atoms with Crippen molar-refractivity contribution in [2.24, 2.45) is 0 Å². The Bertz CT molecular complexity index is 721. The van der Waals surface area contributed by atoms with Crippen LogP contribution in [0.3, 0.4) is 0 Å². The predicted octanol–water partition coefficient (Wildman–Crippen LogP) is 2.93. The third-order valence-corrected chi connectivity index (χ3v) is 5.64. The number of imidazole rings is 1. The number of benzene rings is 1. The number of hydrogen-bond donors (Lipinski definition) is 1. The van der Waals surface area contributed by atoms with Gasteiger partial charge in [0.05, 0.1) is 18.6 Å². The van der Waals surface area contributed by atoms with Crippen LogP contribution in [0.15, 0.2) is 42.9 Å². The molecule has 1 aliphatic carbocycles. The van der Waals surface area contributed by atoms with Gasteiger partial charge in [0.2, 0.25) is 5.91 Å². The van der Waals surface area contributed by atoms with Crippen LogP contribution in [0.2, 0.25) is 0 Å². The van der Waals surface area contributed by atoms with E-state index < -0.39 is 0 Å². The molecule has 1 aromatic heterocycles. The van der Waals surface area contributed by atoms with Crippen molar-refractivity contribution in [1.29, 1.82) is 0 Å². The summed E-state index contributed by atoms with van der Waals surface area (Å²) in [4.78, 5) is 18.9. The highest BCUT2D eigenvalue weighted by molar-refractivity contribution is 5.79. The molecule has 5 heteroatoms. The molecule has 2 aliphatic rings. The van der Waals surface area contributed by atoms with Gasteiger partial charge >= 0.3 is 0 Å². The molecular formula is C21H28N4O. The lowest BCUT2D eigenvalue weighted by molar-refractivity contribution is -0.125. The summed E-state index contributed by atoms with van der Waals surface area (Å²) >= 11 is 0. The van der Waals surface area contributed by atoms with Gasteiger partial charge in [0, 0.05) is 31.4 Å². The summed E-state index contributed by atoms with van der Waals surface area (Å²) in [6, 6.07) is 11.2. The second-order valence-electron chi connectivity index (χ2n) is 7.71. The van der Waals surface area contributed by atoms with Crippen molar-refractivity contribution >= 4 is 5.91 Å². The largest absolute Gasteiger partial charge is 0.351 e. The number of nitrogens with one attached hydrogen (secondary N) is 1. The van der Waals surface area contributed by atoms with Gasteiger partial charge in [0.25, 0.3) is 0 Å². The van der Waals surface area contributed by atoms with Crippen LogP contribution >= 0.6 is 0 Å². The summed E-state index contributed by atoms with van der Waals surface area (Å²) in [5.74, 6) is 0.126. The summed E-state index contributed by atoms with van der Waals surface area (Å²) in [5, 5.41) is 3.15. The van der Waals surface area contributed by atoms with Gasteiger partial charge in [0.1, 0.15) is 0 Å². The lowest BCUT2D eigenvalue weighted by Gasteiger charge is -2.34. The molecule has 0 bridgehead atoms. The molecule has 1 saturated carbocycles. The van der Waals surface area contributed by atoms with E-state index in [1.807, 2.05) is 18.6 Å². The van der Waals surface area contributed by atoms with Crippen molar-refractivity contribution in [3.63, 3.8) is 0 Å². The fourth-order valence-electron chi connectivity index (χ4n) is 4.40. The van der Waals surface area contributed by atoms with Gasteiger partial charge in [0.15, 0.2) is 0 Å². The van der Waals surface area contributed by atoms with E-state index in [1.165, 1.54) is 43.4 Å². The van der Waals surface area contributed by atoms with E-state index in [9.17, 15) is 4.79 Å². The maximum Gasteiger partial charge on any atom is 0.234 e. The standard InChI is InChI=1S/C21H28N4O/c26-21-15-24(13-18(23-21)11-17-7-3-1-4-8-17)14-20-12-22-16-25(20)19-9-5-2-6-10-19/h1,3-4,7-8,12,16,18-19H,2,5-6,9-11,13-15H2,(H,23,26)/t18-/m0/s1. The zero-order valence-electron chi connectivity index (χ0n) is 15.3. The minimum Gasteiger partial charge on any atom is -0.351 e. The molecule has 2 heterocycles. The Balaban J connectivity index is 1.41. The number of piperazine rings is 1. The quantitative estimate of drug-likeness (QED) is 0.900. The zero-order valence-corrected chi connectivity index (χ0v) is 15.3. The Kier molecular flexibility index (Phi) is 5.34. The molecule has 2 aromatic rings. The number of hydrogen-bond acceptors (Lipinski definition) is 3. The van der Waals surface area contributed by atoms with Gasteiger partial charge < -0.3 is 9.88 Å².